The number of carbonyl (C=O) groups is 1. The highest BCUT2D eigenvalue weighted by Gasteiger charge is 2.42. The molecule has 0 radical (unpaired) electrons. The lowest BCUT2D eigenvalue weighted by atomic mass is 9.97. The van der Waals surface area contributed by atoms with Crippen LogP contribution in [0.15, 0.2) is 30.6 Å². The third-order valence-corrected chi connectivity index (χ3v) is 5.74. The number of nitriles is 1. The van der Waals surface area contributed by atoms with Crippen molar-refractivity contribution in [3.05, 3.63) is 46.7 Å². The molecule has 1 aromatic heterocycles. The summed E-state index contributed by atoms with van der Waals surface area (Å²) < 4.78 is 1.73. The van der Waals surface area contributed by atoms with Gasteiger partial charge in [0.2, 0.25) is 0 Å². The third kappa shape index (κ3) is 2.93. The quantitative estimate of drug-likeness (QED) is 0.844. The minimum atomic E-state index is -0.188. The average molecular weight is 370 g/mol. The Labute approximate surface area is 157 Å². The van der Waals surface area contributed by atoms with Gasteiger partial charge in [0, 0.05) is 12.2 Å². The summed E-state index contributed by atoms with van der Waals surface area (Å²) >= 11 is 6.37. The second-order valence-electron chi connectivity index (χ2n) is 7.09. The normalized spacial score (nSPS) is 24.3. The van der Waals surface area contributed by atoms with Gasteiger partial charge in [0.15, 0.2) is 6.19 Å². The zero-order valence-corrected chi connectivity index (χ0v) is 15.3. The number of amides is 1. The van der Waals surface area contributed by atoms with Crippen molar-refractivity contribution in [1.29, 1.82) is 5.26 Å². The van der Waals surface area contributed by atoms with E-state index in [9.17, 15) is 10.1 Å². The van der Waals surface area contributed by atoms with Crippen LogP contribution in [-0.2, 0) is 0 Å². The van der Waals surface area contributed by atoms with E-state index < -0.39 is 0 Å². The molecule has 4 rings (SSSR count). The summed E-state index contributed by atoms with van der Waals surface area (Å²) in [5, 5.41) is 17.1. The predicted molar refractivity (Wildman–Crippen MR) is 98.1 cm³/mol. The van der Waals surface area contributed by atoms with Crippen molar-refractivity contribution >= 4 is 17.5 Å². The van der Waals surface area contributed by atoms with Crippen molar-refractivity contribution in [3.63, 3.8) is 0 Å². The van der Waals surface area contributed by atoms with Crippen LogP contribution in [0.5, 0.6) is 0 Å². The van der Waals surface area contributed by atoms with Crippen molar-refractivity contribution in [2.24, 2.45) is 0 Å². The van der Waals surface area contributed by atoms with E-state index in [4.69, 9.17) is 11.6 Å². The molecular formula is C19H20ClN5O. The summed E-state index contributed by atoms with van der Waals surface area (Å²) in [5.74, 6) is -0.188. The summed E-state index contributed by atoms with van der Waals surface area (Å²) in [7, 11) is 0. The minimum absolute atomic E-state index is 0.00888. The second-order valence-corrected chi connectivity index (χ2v) is 7.50. The van der Waals surface area contributed by atoms with Gasteiger partial charge in [-0.2, -0.15) is 10.4 Å². The average Bonchev–Trinajstić information content (AvgIpc) is 3.19. The van der Waals surface area contributed by atoms with Gasteiger partial charge in [0.05, 0.1) is 34.6 Å². The molecule has 2 aliphatic heterocycles. The number of aromatic nitrogens is 2. The molecule has 2 saturated heterocycles. The van der Waals surface area contributed by atoms with E-state index in [-0.39, 0.29) is 18.0 Å². The van der Waals surface area contributed by atoms with Gasteiger partial charge in [-0.3, -0.25) is 4.79 Å². The molecule has 1 amide bonds. The summed E-state index contributed by atoms with van der Waals surface area (Å²) in [6.45, 7) is 1.97. The van der Waals surface area contributed by atoms with E-state index in [2.05, 4.69) is 16.6 Å². The highest BCUT2D eigenvalue weighted by Crippen LogP contribution is 2.35. The highest BCUT2D eigenvalue weighted by atomic mass is 35.5. The summed E-state index contributed by atoms with van der Waals surface area (Å²) in [6, 6.07) is 5.75. The Morgan fingerprint density at radius 1 is 1.35 bits per heavy atom. The molecule has 2 bridgehead atoms. The number of piperidine rings is 1. The number of hydrogen-bond donors (Lipinski definition) is 1. The summed E-state index contributed by atoms with van der Waals surface area (Å²) in [5.41, 5.74) is 2.31. The van der Waals surface area contributed by atoms with E-state index >= 15 is 0 Å². The zero-order chi connectivity index (χ0) is 18.3. The standard InChI is InChI=1S/C19H20ClN5O/c1-12-9-22-25(10-12)14-2-5-15(16(20)8-14)19(26)23-17-6-3-13-4-7-18(17)24(13)11-21/h2,5,8-10,13,17-18H,3-4,6-7H2,1H3,(H,23,26). The lowest BCUT2D eigenvalue weighted by molar-refractivity contribution is 0.0882. The van der Waals surface area contributed by atoms with Crippen LogP contribution in [0.3, 0.4) is 0 Å². The van der Waals surface area contributed by atoms with Gasteiger partial charge in [0.25, 0.3) is 5.91 Å². The maximum Gasteiger partial charge on any atom is 0.253 e. The molecule has 7 heteroatoms. The smallest absolute Gasteiger partial charge is 0.253 e. The Hall–Kier alpha value is -2.52. The van der Waals surface area contributed by atoms with Crippen molar-refractivity contribution in [2.45, 2.75) is 50.7 Å². The molecule has 3 heterocycles. The largest absolute Gasteiger partial charge is 0.347 e. The Bertz CT molecular complexity index is 886. The lowest BCUT2D eigenvalue weighted by Gasteiger charge is -2.36. The van der Waals surface area contributed by atoms with Crippen LogP contribution < -0.4 is 5.32 Å². The first-order valence-corrected chi connectivity index (χ1v) is 9.25. The van der Waals surface area contributed by atoms with E-state index in [1.54, 1.807) is 23.0 Å². The molecule has 1 aromatic carbocycles. The number of benzene rings is 1. The Kier molecular flexibility index (Phi) is 4.33. The van der Waals surface area contributed by atoms with Gasteiger partial charge in [-0.05, 0) is 56.4 Å². The lowest BCUT2D eigenvalue weighted by Crippen LogP contribution is -2.52. The summed E-state index contributed by atoms with van der Waals surface area (Å²) in [6.07, 6.45) is 9.80. The first kappa shape index (κ1) is 16.9. The van der Waals surface area contributed by atoms with Crippen molar-refractivity contribution in [3.8, 4) is 11.9 Å². The number of aryl methyl sites for hydroxylation is 1. The molecule has 3 atom stereocenters. The molecule has 6 nitrogen and oxygen atoms in total. The predicted octanol–water partition coefficient (Wildman–Crippen LogP) is 3.04. The van der Waals surface area contributed by atoms with Crippen LogP contribution >= 0.6 is 11.6 Å². The van der Waals surface area contributed by atoms with Crippen LogP contribution in [0, 0.1) is 18.4 Å². The molecule has 2 aliphatic rings. The molecule has 0 aliphatic carbocycles. The number of nitrogens with zero attached hydrogens (tertiary/aromatic N) is 4. The molecule has 0 saturated carbocycles. The highest BCUT2D eigenvalue weighted by molar-refractivity contribution is 6.34. The van der Waals surface area contributed by atoms with Gasteiger partial charge < -0.3 is 10.2 Å². The molecule has 2 aromatic rings. The van der Waals surface area contributed by atoms with Gasteiger partial charge in [-0.15, -0.1) is 0 Å². The topological polar surface area (TPSA) is 74.0 Å². The number of hydrogen-bond acceptors (Lipinski definition) is 4. The van der Waals surface area contributed by atoms with Crippen LogP contribution in [0.4, 0.5) is 0 Å². The van der Waals surface area contributed by atoms with Crippen LogP contribution in [0.25, 0.3) is 5.69 Å². The third-order valence-electron chi connectivity index (χ3n) is 5.43. The fourth-order valence-electron chi connectivity index (χ4n) is 4.11. The number of halogens is 1. The molecular weight excluding hydrogens is 350 g/mol. The molecule has 2 fully saturated rings. The fraction of sp³-hybridized carbons (Fsp3) is 0.421. The number of rotatable bonds is 3. The second kappa shape index (κ2) is 6.65. The van der Waals surface area contributed by atoms with Crippen molar-refractivity contribution in [1.82, 2.24) is 20.0 Å². The molecule has 1 N–H and O–H groups in total. The van der Waals surface area contributed by atoms with Gasteiger partial charge in [-0.25, -0.2) is 4.68 Å². The van der Waals surface area contributed by atoms with E-state index in [0.717, 1.165) is 36.9 Å². The van der Waals surface area contributed by atoms with E-state index in [0.29, 0.717) is 16.6 Å². The zero-order valence-electron chi connectivity index (χ0n) is 14.5. The molecule has 134 valence electrons. The van der Waals surface area contributed by atoms with Gasteiger partial charge in [0.1, 0.15) is 0 Å². The maximum atomic E-state index is 12.7. The number of fused-ring (bicyclic) bond motifs is 2. The van der Waals surface area contributed by atoms with Gasteiger partial charge in [-0.1, -0.05) is 11.6 Å². The first-order chi connectivity index (χ1) is 12.6. The van der Waals surface area contributed by atoms with Crippen LogP contribution in [0.2, 0.25) is 5.02 Å². The monoisotopic (exact) mass is 369 g/mol. The molecule has 3 unspecified atom stereocenters. The van der Waals surface area contributed by atoms with Crippen LogP contribution in [-0.4, -0.2) is 38.7 Å². The van der Waals surface area contributed by atoms with Crippen molar-refractivity contribution < 1.29 is 4.79 Å². The molecule has 0 spiro atoms. The Morgan fingerprint density at radius 3 is 2.85 bits per heavy atom. The Balaban J connectivity index is 1.51. The maximum absolute atomic E-state index is 12.7. The van der Waals surface area contributed by atoms with E-state index in [1.807, 2.05) is 24.1 Å². The first-order valence-electron chi connectivity index (χ1n) is 8.87. The van der Waals surface area contributed by atoms with Gasteiger partial charge >= 0.3 is 0 Å². The van der Waals surface area contributed by atoms with Crippen LogP contribution in [0.1, 0.15) is 41.6 Å². The van der Waals surface area contributed by atoms with Crippen molar-refractivity contribution in [2.75, 3.05) is 0 Å². The Morgan fingerprint density at radius 2 is 2.15 bits per heavy atom. The summed E-state index contributed by atoms with van der Waals surface area (Å²) in [4.78, 5) is 14.6. The minimum Gasteiger partial charge on any atom is -0.347 e. The van der Waals surface area contributed by atoms with E-state index in [1.165, 1.54) is 0 Å². The fourth-order valence-corrected chi connectivity index (χ4v) is 4.37. The number of carbonyl (C=O) groups excluding carboxylic acids is 1. The number of nitrogens with one attached hydrogen (secondary N) is 1. The SMILES string of the molecule is Cc1cnn(-c2ccc(C(=O)NC3CCC4CCC3N4C#N)c(Cl)c2)c1. The molecule has 26 heavy (non-hydrogen) atoms.